The van der Waals surface area contributed by atoms with Gasteiger partial charge >= 0.3 is 0 Å². The topological polar surface area (TPSA) is 9.23 Å². The van der Waals surface area contributed by atoms with Crippen molar-refractivity contribution < 1.29 is 4.74 Å². The summed E-state index contributed by atoms with van der Waals surface area (Å²) >= 11 is 10.0. The summed E-state index contributed by atoms with van der Waals surface area (Å²) in [5, 5.41) is 0.834. The van der Waals surface area contributed by atoms with Crippen LogP contribution in [0.5, 0.6) is 0 Å². The van der Waals surface area contributed by atoms with Crippen LogP contribution < -0.4 is 0 Å². The number of halogens is 2. The average Bonchev–Trinajstić information content (AvgIpc) is 2.75. The van der Waals surface area contributed by atoms with Gasteiger partial charge < -0.3 is 4.74 Å². The largest absolute Gasteiger partial charge is 0.377 e. The van der Waals surface area contributed by atoms with Crippen LogP contribution in [0.3, 0.4) is 0 Å². The molecule has 1 nitrogen and oxygen atoms in total. The molecule has 2 atom stereocenters. The molecule has 2 unspecified atom stereocenters. The Kier molecular flexibility index (Phi) is 3.93. The second-order valence-corrected chi connectivity index (χ2v) is 5.80. The van der Waals surface area contributed by atoms with Crippen LogP contribution >= 0.6 is 27.5 Å². The van der Waals surface area contributed by atoms with Crippen LogP contribution in [0.4, 0.5) is 0 Å². The zero-order valence-corrected chi connectivity index (χ0v) is 11.9. The molecule has 0 bridgehead atoms. The average molecular weight is 304 g/mol. The number of aryl methyl sites for hydroxylation is 2. The molecule has 0 saturated carbocycles. The molecule has 88 valence electrons. The fourth-order valence-electron chi connectivity index (χ4n) is 2.05. The molecule has 0 spiro atoms. The molecule has 0 aromatic heterocycles. The molecule has 1 aromatic rings. The van der Waals surface area contributed by atoms with E-state index in [2.05, 4.69) is 35.8 Å². The second-order valence-electron chi connectivity index (χ2n) is 4.41. The van der Waals surface area contributed by atoms with Crippen LogP contribution in [0.2, 0.25) is 5.02 Å². The minimum atomic E-state index is 0.210. The van der Waals surface area contributed by atoms with Crippen molar-refractivity contribution in [1.82, 2.24) is 0 Å². The van der Waals surface area contributed by atoms with Gasteiger partial charge in [-0.25, -0.2) is 0 Å². The van der Waals surface area contributed by atoms with Crippen molar-refractivity contribution in [2.45, 2.75) is 37.6 Å². The molecule has 0 radical (unpaired) electrons. The van der Waals surface area contributed by atoms with Crippen molar-refractivity contribution in [3.05, 3.63) is 33.8 Å². The van der Waals surface area contributed by atoms with Gasteiger partial charge in [0.1, 0.15) is 0 Å². The highest BCUT2D eigenvalue weighted by Crippen LogP contribution is 2.38. The molecule has 1 aliphatic rings. The predicted octanol–water partition coefficient (Wildman–Crippen LogP) is 4.57. The van der Waals surface area contributed by atoms with E-state index in [4.69, 9.17) is 16.3 Å². The van der Waals surface area contributed by atoms with Crippen molar-refractivity contribution in [2.75, 3.05) is 6.61 Å². The minimum absolute atomic E-state index is 0.210. The Hall–Kier alpha value is -0.0500. The number of ether oxygens (including phenoxy) is 1. The summed E-state index contributed by atoms with van der Waals surface area (Å²) in [6.07, 6.45) is 2.52. The van der Waals surface area contributed by atoms with E-state index < -0.39 is 0 Å². The van der Waals surface area contributed by atoms with Gasteiger partial charge in [-0.05, 0) is 49.4 Å². The summed E-state index contributed by atoms with van der Waals surface area (Å²) in [5.74, 6) is 0. The lowest BCUT2D eigenvalue weighted by Crippen LogP contribution is -2.13. The predicted molar refractivity (Wildman–Crippen MR) is 71.6 cm³/mol. The monoisotopic (exact) mass is 302 g/mol. The van der Waals surface area contributed by atoms with Crippen LogP contribution in [-0.2, 0) is 4.74 Å². The van der Waals surface area contributed by atoms with Gasteiger partial charge in [0.05, 0.1) is 10.9 Å². The molecule has 0 aliphatic carbocycles. The van der Waals surface area contributed by atoms with Crippen molar-refractivity contribution in [1.29, 1.82) is 0 Å². The third kappa shape index (κ3) is 2.44. The molecule has 2 rings (SSSR count). The maximum Gasteiger partial charge on any atom is 0.0742 e. The van der Waals surface area contributed by atoms with E-state index in [-0.39, 0.29) is 10.9 Å². The Morgan fingerprint density at radius 1 is 1.38 bits per heavy atom. The Bertz CT molecular complexity index is 386. The Morgan fingerprint density at radius 2 is 2.06 bits per heavy atom. The highest BCUT2D eigenvalue weighted by molar-refractivity contribution is 9.09. The van der Waals surface area contributed by atoms with E-state index in [0.717, 1.165) is 30.0 Å². The maximum absolute atomic E-state index is 6.29. The molecule has 1 fully saturated rings. The van der Waals surface area contributed by atoms with Gasteiger partial charge in [-0.3, -0.25) is 0 Å². The fraction of sp³-hybridized carbons (Fsp3) is 0.538. The first kappa shape index (κ1) is 12.4. The van der Waals surface area contributed by atoms with Crippen molar-refractivity contribution in [3.63, 3.8) is 0 Å². The first-order valence-electron chi connectivity index (χ1n) is 5.62. The van der Waals surface area contributed by atoms with Gasteiger partial charge in [0.25, 0.3) is 0 Å². The summed E-state index contributed by atoms with van der Waals surface area (Å²) in [6.45, 7) is 5.07. The van der Waals surface area contributed by atoms with Gasteiger partial charge in [-0.15, -0.1) is 0 Å². The number of benzene rings is 1. The second kappa shape index (κ2) is 5.07. The Balaban J connectivity index is 2.28. The molecule has 1 aromatic carbocycles. The highest BCUT2D eigenvalue weighted by atomic mass is 79.9. The molecular formula is C13H16BrClO. The standard InChI is InChI=1S/C13H16BrClO/c1-8-6-10(11(15)7-9(8)2)13(14)12-4-3-5-16-12/h6-7,12-13H,3-5H2,1-2H3. The Morgan fingerprint density at radius 3 is 2.69 bits per heavy atom. The van der Waals surface area contributed by atoms with Crippen LogP contribution in [0.15, 0.2) is 12.1 Å². The van der Waals surface area contributed by atoms with E-state index in [0.29, 0.717) is 0 Å². The summed E-state index contributed by atoms with van der Waals surface area (Å²) in [6, 6.07) is 4.20. The van der Waals surface area contributed by atoms with E-state index in [1.165, 1.54) is 11.1 Å². The summed E-state index contributed by atoms with van der Waals surface area (Å²) in [5.41, 5.74) is 3.67. The quantitative estimate of drug-likeness (QED) is 0.727. The van der Waals surface area contributed by atoms with Crippen molar-refractivity contribution in [2.24, 2.45) is 0 Å². The zero-order valence-electron chi connectivity index (χ0n) is 9.59. The lowest BCUT2D eigenvalue weighted by molar-refractivity contribution is 0.110. The smallest absolute Gasteiger partial charge is 0.0742 e. The molecule has 1 saturated heterocycles. The van der Waals surface area contributed by atoms with Crippen LogP contribution in [0.1, 0.15) is 34.4 Å². The van der Waals surface area contributed by atoms with Crippen molar-refractivity contribution in [3.8, 4) is 0 Å². The summed E-state index contributed by atoms with van der Waals surface area (Å²) in [7, 11) is 0. The van der Waals surface area contributed by atoms with Crippen molar-refractivity contribution >= 4 is 27.5 Å². The van der Waals surface area contributed by atoms with E-state index in [9.17, 15) is 0 Å². The summed E-state index contributed by atoms with van der Waals surface area (Å²) < 4.78 is 5.69. The first-order chi connectivity index (χ1) is 7.59. The number of hydrogen-bond donors (Lipinski definition) is 0. The zero-order chi connectivity index (χ0) is 11.7. The molecule has 1 aliphatic heterocycles. The van der Waals surface area contributed by atoms with Crippen LogP contribution in [0, 0.1) is 13.8 Å². The van der Waals surface area contributed by atoms with E-state index >= 15 is 0 Å². The molecule has 1 heterocycles. The third-order valence-corrected chi connectivity index (χ3v) is 4.61. The lowest BCUT2D eigenvalue weighted by atomic mass is 10.0. The molecule has 0 N–H and O–H groups in total. The fourth-order valence-corrected chi connectivity index (χ4v) is 3.31. The molecule has 16 heavy (non-hydrogen) atoms. The van der Waals surface area contributed by atoms with Gasteiger partial charge in [0.15, 0.2) is 0 Å². The number of hydrogen-bond acceptors (Lipinski definition) is 1. The maximum atomic E-state index is 6.29. The third-order valence-electron chi connectivity index (χ3n) is 3.20. The SMILES string of the molecule is Cc1cc(Cl)c(C(Br)C2CCCO2)cc1C. The summed E-state index contributed by atoms with van der Waals surface area (Å²) in [4.78, 5) is 0.210. The van der Waals surface area contributed by atoms with E-state index in [1.54, 1.807) is 0 Å². The molecule has 3 heteroatoms. The number of rotatable bonds is 2. The van der Waals surface area contributed by atoms with E-state index in [1.807, 2.05) is 6.07 Å². The first-order valence-corrected chi connectivity index (χ1v) is 6.91. The highest BCUT2D eigenvalue weighted by Gasteiger charge is 2.26. The van der Waals surface area contributed by atoms with Gasteiger partial charge in [0, 0.05) is 11.6 Å². The van der Waals surface area contributed by atoms with Gasteiger partial charge in [-0.2, -0.15) is 0 Å². The molecular weight excluding hydrogens is 287 g/mol. The molecule has 0 amide bonds. The van der Waals surface area contributed by atoms with Gasteiger partial charge in [-0.1, -0.05) is 33.6 Å². The van der Waals surface area contributed by atoms with Crippen LogP contribution in [0.25, 0.3) is 0 Å². The van der Waals surface area contributed by atoms with Gasteiger partial charge in [0.2, 0.25) is 0 Å². The Labute approximate surface area is 110 Å². The number of alkyl halides is 1. The van der Waals surface area contributed by atoms with Crippen LogP contribution in [-0.4, -0.2) is 12.7 Å². The minimum Gasteiger partial charge on any atom is -0.377 e. The normalized spacial score (nSPS) is 22.4. The lowest BCUT2D eigenvalue weighted by Gasteiger charge is -2.19.